The number of para-hydroxylation sites is 1. The molecule has 0 unspecified atom stereocenters. The molecule has 3 atom stereocenters. The first-order chi connectivity index (χ1) is 12.5. The molecule has 5 nitrogen and oxygen atoms in total. The molecule has 0 spiro atoms. The van der Waals surface area contributed by atoms with Crippen LogP contribution in [0.1, 0.15) is 56.9 Å². The number of carboxylic acid groups (broad SMARTS) is 1. The number of ether oxygens (including phenoxy) is 1. The quantitative estimate of drug-likeness (QED) is 0.615. The summed E-state index contributed by atoms with van der Waals surface area (Å²) in [4.78, 5) is 26.5. The van der Waals surface area contributed by atoms with Gasteiger partial charge in [-0.3, -0.25) is 4.79 Å². The Morgan fingerprint density at radius 3 is 2.88 bits per heavy atom. The maximum Gasteiger partial charge on any atom is 0.235 e. The molecule has 1 amide bonds. The number of carbonyl (C=O) groups is 2. The van der Waals surface area contributed by atoms with Crippen molar-refractivity contribution in [2.24, 2.45) is 5.92 Å². The third kappa shape index (κ3) is 2.79. The van der Waals surface area contributed by atoms with Gasteiger partial charge in [0.15, 0.2) is 5.72 Å². The second-order valence-electron chi connectivity index (χ2n) is 7.77. The predicted octanol–water partition coefficient (Wildman–Crippen LogP) is 2.37. The fourth-order valence-electron chi connectivity index (χ4n) is 4.71. The molecular weight excluding hydrogens is 330 g/mol. The highest BCUT2D eigenvalue weighted by molar-refractivity contribution is 5.98. The number of benzene rings is 1. The van der Waals surface area contributed by atoms with Crippen molar-refractivity contribution in [2.75, 3.05) is 6.54 Å². The number of nitrogens with zero attached hydrogens (tertiary/aromatic N) is 1. The van der Waals surface area contributed by atoms with Crippen LogP contribution in [0.15, 0.2) is 35.9 Å². The van der Waals surface area contributed by atoms with Crippen molar-refractivity contribution in [3.63, 3.8) is 0 Å². The minimum atomic E-state index is -1.29. The SMILES string of the molecule is C[C@]12C[C@H](c3ccccc3O1)[C@H](C(=O)[O-])C(=O)N2CCC1=CCCCC1. The minimum Gasteiger partial charge on any atom is -0.549 e. The van der Waals surface area contributed by atoms with Crippen molar-refractivity contribution in [1.82, 2.24) is 4.90 Å². The summed E-state index contributed by atoms with van der Waals surface area (Å²) in [7, 11) is 0. The first kappa shape index (κ1) is 17.1. The van der Waals surface area contributed by atoms with Gasteiger partial charge < -0.3 is 19.5 Å². The molecule has 1 fully saturated rings. The number of amides is 1. The van der Waals surface area contributed by atoms with E-state index in [1.165, 1.54) is 18.4 Å². The van der Waals surface area contributed by atoms with Gasteiger partial charge in [0.05, 0.1) is 11.9 Å². The Hall–Kier alpha value is -2.30. The Morgan fingerprint density at radius 1 is 1.35 bits per heavy atom. The van der Waals surface area contributed by atoms with Crippen LogP contribution in [0.4, 0.5) is 0 Å². The van der Waals surface area contributed by atoms with E-state index in [1.807, 2.05) is 31.2 Å². The van der Waals surface area contributed by atoms with Crippen molar-refractivity contribution in [3.8, 4) is 5.75 Å². The molecule has 138 valence electrons. The summed E-state index contributed by atoms with van der Waals surface area (Å²) in [5, 5.41) is 11.8. The second kappa shape index (κ2) is 6.45. The average Bonchev–Trinajstić information content (AvgIpc) is 2.61. The van der Waals surface area contributed by atoms with Gasteiger partial charge >= 0.3 is 0 Å². The first-order valence-corrected chi connectivity index (χ1v) is 9.48. The van der Waals surface area contributed by atoms with Gasteiger partial charge in [-0.05, 0) is 50.7 Å². The van der Waals surface area contributed by atoms with Gasteiger partial charge in [0.25, 0.3) is 0 Å². The average molecular weight is 354 g/mol. The van der Waals surface area contributed by atoms with Crippen molar-refractivity contribution in [1.29, 1.82) is 0 Å². The molecule has 1 aromatic carbocycles. The van der Waals surface area contributed by atoms with Crippen molar-refractivity contribution < 1.29 is 19.4 Å². The van der Waals surface area contributed by atoms with Crippen LogP contribution in [0.5, 0.6) is 5.75 Å². The molecular formula is C21H24NO4-. The van der Waals surface area contributed by atoms with E-state index >= 15 is 0 Å². The number of piperidine rings is 1. The number of rotatable bonds is 4. The van der Waals surface area contributed by atoms with Gasteiger partial charge in [0.2, 0.25) is 5.91 Å². The van der Waals surface area contributed by atoms with E-state index in [4.69, 9.17) is 4.74 Å². The van der Waals surface area contributed by atoms with Crippen molar-refractivity contribution >= 4 is 11.9 Å². The Morgan fingerprint density at radius 2 is 2.15 bits per heavy atom. The Kier molecular flexibility index (Phi) is 4.25. The molecule has 0 aromatic heterocycles. The van der Waals surface area contributed by atoms with Crippen LogP contribution in [-0.2, 0) is 9.59 Å². The molecule has 26 heavy (non-hydrogen) atoms. The van der Waals surface area contributed by atoms with Crippen LogP contribution in [0.2, 0.25) is 0 Å². The summed E-state index contributed by atoms with van der Waals surface area (Å²) in [5.74, 6) is -2.54. The highest BCUT2D eigenvalue weighted by Gasteiger charge is 2.54. The monoisotopic (exact) mass is 354 g/mol. The number of carbonyl (C=O) groups excluding carboxylic acids is 2. The van der Waals surface area contributed by atoms with Crippen LogP contribution in [0.25, 0.3) is 0 Å². The summed E-state index contributed by atoms with van der Waals surface area (Å²) < 4.78 is 6.21. The molecule has 1 aromatic rings. The molecule has 1 aliphatic carbocycles. The number of carboxylic acids is 1. The highest BCUT2D eigenvalue weighted by atomic mass is 16.5. The van der Waals surface area contributed by atoms with Crippen LogP contribution in [0, 0.1) is 5.92 Å². The lowest BCUT2D eigenvalue weighted by Crippen LogP contribution is -2.65. The van der Waals surface area contributed by atoms with Gasteiger partial charge in [-0.25, -0.2) is 0 Å². The Balaban J connectivity index is 1.66. The van der Waals surface area contributed by atoms with E-state index in [1.54, 1.807) is 4.90 Å². The lowest BCUT2D eigenvalue weighted by atomic mass is 9.73. The first-order valence-electron chi connectivity index (χ1n) is 9.48. The van der Waals surface area contributed by atoms with Gasteiger partial charge in [0, 0.05) is 18.9 Å². The molecule has 0 saturated carbocycles. The maximum atomic E-state index is 13.1. The van der Waals surface area contributed by atoms with Gasteiger partial charge in [0.1, 0.15) is 5.75 Å². The van der Waals surface area contributed by atoms with E-state index < -0.39 is 23.5 Å². The predicted molar refractivity (Wildman–Crippen MR) is 94.2 cm³/mol. The zero-order valence-corrected chi connectivity index (χ0v) is 15.1. The summed E-state index contributed by atoms with van der Waals surface area (Å²) in [6.45, 7) is 2.38. The third-order valence-corrected chi connectivity index (χ3v) is 6.05. The standard InChI is InChI=1S/C21H25NO4/c1-21-13-16(15-9-5-6-10-17(15)26-21)18(20(24)25)19(23)22(21)12-11-14-7-3-2-4-8-14/h5-7,9-10,16,18H,2-4,8,11-13H2,1H3,(H,24,25)/p-1/t16-,18+,21-/m1/s1. The summed E-state index contributed by atoms with van der Waals surface area (Å²) in [5.41, 5.74) is 1.34. The largest absolute Gasteiger partial charge is 0.549 e. The molecule has 0 radical (unpaired) electrons. The number of allylic oxidation sites excluding steroid dienone is 1. The van der Waals surface area contributed by atoms with E-state index in [0.29, 0.717) is 18.7 Å². The zero-order valence-electron chi connectivity index (χ0n) is 15.1. The molecule has 2 aliphatic heterocycles. The van der Waals surface area contributed by atoms with Gasteiger partial charge in [-0.15, -0.1) is 0 Å². The smallest absolute Gasteiger partial charge is 0.235 e. The second-order valence-corrected chi connectivity index (χ2v) is 7.77. The Bertz CT molecular complexity index is 771. The molecule has 2 bridgehead atoms. The number of hydrogen-bond donors (Lipinski definition) is 0. The van der Waals surface area contributed by atoms with E-state index in [2.05, 4.69) is 6.08 Å². The molecule has 3 aliphatic rings. The molecule has 2 heterocycles. The van der Waals surface area contributed by atoms with Crippen LogP contribution < -0.4 is 9.84 Å². The number of hydrogen-bond acceptors (Lipinski definition) is 4. The van der Waals surface area contributed by atoms with E-state index in [0.717, 1.165) is 24.8 Å². The van der Waals surface area contributed by atoms with Gasteiger partial charge in [-0.2, -0.15) is 0 Å². The zero-order chi connectivity index (χ0) is 18.3. The number of likely N-dealkylation sites (tertiary alicyclic amines) is 1. The fourth-order valence-corrected chi connectivity index (χ4v) is 4.71. The fraction of sp³-hybridized carbons (Fsp3) is 0.524. The number of fused-ring (bicyclic) bond motifs is 4. The summed E-state index contributed by atoms with van der Waals surface area (Å²) in [6, 6.07) is 7.43. The Labute approximate surface area is 153 Å². The lowest BCUT2D eigenvalue weighted by molar-refractivity contribution is -0.313. The maximum absolute atomic E-state index is 13.1. The summed E-state index contributed by atoms with van der Waals surface area (Å²) in [6.07, 6.45) is 8.08. The van der Waals surface area contributed by atoms with Crippen LogP contribution >= 0.6 is 0 Å². The minimum absolute atomic E-state index is 0.380. The topological polar surface area (TPSA) is 69.7 Å². The van der Waals surface area contributed by atoms with Gasteiger partial charge in [-0.1, -0.05) is 29.8 Å². The number of aliphatic carboxylic acids is 1. The molecule has 4 rings (SSSR count). The van der Waals surface area contributed by atoms with Crippen molar-refractivity contribution in [3.05, 3.63) is 41.5 Å². The molecule has 1 saturated heterocycles. The lowest BCUT2D eigenvalue weighted by Gasteiger charge is -2.53. The normalized spacial score (nSPS) is 30.3. The summed E-state index contributed by atoms with van der Waals surface area (Å²) >= 11 is 0. The molecule has 5 heteroatoms. The van der Waals surface area contributed by atoms with E-state index in [9.17, 15) is 14.7 Å². The van der Waals surface area contributed by atoms with E-state index in [-0.39, 0.29) is 5.91 Å². The van der Waals surface area contributed by atoms with Crippen LogP contribution in [0.3, 0.4) is 0 Å². The van der Waals surface area contributed by atoms with Crippen molar-refractivity contribution in [2.45, 2.75) is 57.1 Å². The molecule has 0 N–H and O–H groups in total. The highest BCUT2D eigenvalue weighted by Crippen LogP contribution is 2.50. The van der Waals surface area contributed by atoms with Crippen LogP contribution in [-0.4, -0.2) is 29.0 Å². The third-order valence-electron chi connectivity index (χ3n) is 6.05.